The Hall–Kier alpha value is -4.44. The SMILES string of the molecule is CCCCCCCCCCCc1c(CCCCCCCCCCC)c2oc3c(CCCCCCCCCCC)c(CCCCCCCCCCC)c4oc5c6ccccc6c6oc7c(CCCCCCCCCCC)c(CCCCCCCCCCC)c8oc1c1c2c3c4c5c6c7c81. The van der Waals surface area contributed by atoms with Crippen LogP contribution in [0, 0.1) is 0 Å². The normalized spacial score (nSPS) is 12.6. The molecule has 0 fully saturated rings. The van der Waals surface area contributed by atoms with Crippen LogP contribution in [0.25, 0.3) is 98.5 Å². The molecule has 0 spiro atoms. The van der Waals surface area contributed by atoms with Crippen molar-refractivity contribution in [2.75, 3.05) is 0 Å². The van der Waals surface area contributed by atoms with Gasteiger partial charge in [0.25, 0.3) is 0 Å². The maximum atomic E-state index is 8.23. The average Bonchev–Trinajstić information content (AvgIpc) is 1.49. The minimum absolute atomic E-state index is 1.02. The third-order valence-electron chi connectivity index (χ3n) is 24.0. The van der Waals surface area contributed by atoms with Gasteiger partial charge < -0.3 is 17.7 Å². The monoisotopic (exact) mass is 1340 g/mol. The van der Waals surface area contributed by atoms with Gasteiger partial charge in [0, 0.05) is 87.2 Å². The van der Waals surface area contributed by atoms with Crippen LogP contribution in [0.15, 0.2) is 41.9 Å². The van der Waals surface area contributed by atoms with E-state index in [-0.39, 0.29) is 0 Å². The first kappa shape index (κ1) is 76.2. The number of hydrogen-bond acceptors (Lipinski definition) is 4. The van der Waals surface area contributed by atoms with Gasteiger partial charge in [-0.15, -0.1) is 0 Å². The van der Waals surface area contributed by atoms with Gasteiger partial charge in [0.05, 0.1) is 0 Å². The van der Waals surface area contributed by atoms with Gasteiger partial charge in [-0.1, -0.05) is 374 Å². The Morgan fingerprint density at radius 3 is 0.459 bits per heavy atom. The van der Waals surface area contributed by atoms with Crippen molar-refractivity contribution >= 4 is 98.5 Å². The largest absolute Gasteiger partial charge is 0.455 e. The fourth-order valence-electron chi connectivity index (χ4n) is 18.2. The van der Waals surface area contributed by atoms with Gasteiger partial charge in [0.15, 0.2) is 0 Å². The Morgan fingerprint density at radius 1 is 0.163 bits per heavy atom. The summed E-state index contributed by atoms with van der Waals surface area (Å²) in [6.07, 6.45) is 77.7. The summed E-state index contributed by atoms with van der Waals surface area (Å²) in [7, 11) is 0. The predicted octanol–water partition coefficient (Wildman–Crippen LogP) is 33.2. The van der Waals surface area contributed by atoms with Crippen LogP contribution in [-0.2, 0) is 38.5 Å². The van der Waals surface area contributed by atoms with Crippen LogP contribution in [0.1, 0.15) is 422 Å². The predicted molar refractivity (Wildman–Crippen MR) is 432 cm³/mol. The molecule has 0 amide bonds. The van der Waals surface area contributed by atoms with Crippen molar-refractivity contribution in [1.82, 2.24) is 0 Å². The molecular formula is C94H142O4. The zero-order valence-corrected chi connectivity index (χ0v) is 64.4. The summed E-state index contributed by atoms with van der Waals surface area (Å²) in [6.45, 7) is 14.1. The second-order valence-corrected chi connectivity index (χ2v) is 31.9. The van der Waals surface area contributed by atoms with Crippen molar-refractivity contribution in [3.8, 4) is 0 Å². The molecule has 0 N–H and O–H groups in total. The highest BCUT2D eigenvalue weighted by Crippen LogP contribution is 2.58. The molecule has 4 heteroatoms. The van der Waals surface area contributed by atoms with Crippen molar-refractivity contribution in [1.29, 1.82) is 0 Å². The summed E-state index contributed by atoms with van der Waals surface area (Å²) in [5, 5.41) is 12.8. The lowest BCUT2D eigenvalue weighted by Gasteiger charge is -2.14. The van der Waals surface area contributed by atoms with Crippen molar-refractivity contribution in [2.45, 2.75) is 427 Å². The molecule has 0 saturated heterocycles. The summed E-state index contributed by atoms with van der Waals surface area (Å²) in [5.74, 6) is 0. The third kappa shape index (κ3) is 19.4. The van der Waals surface area contributed by atoms with Crippen LogP contribution in [0.5, 0.6) is 0 Å². The molecule has 0 unspecified atom stereocenters. The number of fused-ring (bicyclic) bond motifs is 3. The van der Waals surface area contributed by atoms with Gasteiger partial charge in [-0.3, -0.25) is 0 Å². The zero-order valence-electron chi connectivity index (χ0n) is 64.4. The second kappa shape index (κ2) is 42.2. The Morgan fingerprint density at radius 2 is 0.296 bits per heavy atom. The van der Waals surface area contributed by atoms with Gasteiger partial charge in [0.1, 0.15) is 44.7 Å². The van der Waals surface area contributed by atoms with Crippen LogP contribution in [-0.4, -0.2) is 0 Å². The molecule has 98 heavy (non-hydrogen) atoms. The average molecular weight is 1340 g/mol. The van der Waals surface area contributed by atoms with Gasteiger partial charge in [-0.05, 0) is 77.0 Å². The quantitative estimate of drug-likeness (QED) is 0.0357. The fraction of sp³-hybridized carbons (Fsp3) is 0.702. The molecule has 6 aromatic carbocycles. The smallest absolute Gasteiger partial charge is 0.144 e. The summed E-state index contributed by atoms with van der Waals surface area (Å²) in [5.41, 5.74) is 17.8. The van der Waals surface area contributed by atoms with Crippen LogP contribution in [0.4, 0.5) is 0 Å². The molecule has 0 aliphatic rings. The summed E-state index contributed by atoms with van der Waals surface area (Å²) >= 11 is 0. The molecule has 542 valence electrons. The van der Waals surface area contributed by atoms with Crippen LogP contribution >= 0.6 is 0 Å². The fourth-order valence-corrected chi connectivity index (χ4v) is 18.2. The number of aryl methyl sites for hydroxylation is 6. The Bertz CT molecular complexity index is 3530. The van der Waals surface area contributed by atoms with E-state index in [9.17, 15) is 0 Å². The molecule has 4 aromatic heterocycles. The molecular weight excluding hydrogens is 1190 g/mol. The van der Waals surface area contributed by atoms with E-state index in [1.807, 2.05) is 0 Å². The highest BCUT2D eigenvalue weighted by atomic mass is 16.4. The lowest BCUT2D eigenvalue weighted by atomic mass is 9.84. The van der Waals surface area contributed by atoms with Crippen LogP contribution in [0.3, 0.4) is 0 Å². The van der Waals surface area contributed by atoms with Gasteiger partial charge in [-0.25, -0.2) is 0 Å². The van der Waals surface area contributed by atoms with Crippen molar-refractivity contribution < 1.29 is 17.7 Å². The van der Waals surface area contributed by atoms with Crippen LogP contribution < -0.4 is 0 Å². The molecule has 0 atom stereocenters. The lowest BCUT2D eigenvalue weighted by molar-refractivity contribution is 0.556. The van der Waals surface area contributed by atoms with E-state index in [0.29, 0.717) is 0 Å². The maximum Gasteiger partial charge on any atom is 0.144 e. The molecule has 4 heterocycles. The van der Waals surface area contributed by atoms with E-state index in [1.54, 1.807) is 0 Å². The second-order valence-electron chi connectivity index (χ2n) is 31.9. The lowest BCUT2D eigenvalue weighted by Crippen LogP contribution is -1.99. The van der Waals surface area contributed by atoms with Gasteiger partial charge >= 0.3 is 0 Å². The summed E-state index contributed by atoms with van der Waals surface area (Å²) in [6, 6.07) is 9.20. The topological polar surface area (TPSA) is 52.6 Å². The molecule has 10 aromatic rings. The Kier molecular flexibility index (Phi) is 32.8. The van der Waals surface area contributed by atoms with E-state index in [0.717, 1.165) is 60.9 Å². The molecule has 0 bridgehead atoms. The van der Waals surface area contributed by atoms with E-state index >= 15 is 0 Å². The standard InChI is InChI=1S/C94H142O4/c1-7-13-19-25-31-37-43-49-55-63-71-72(64-56-50-44-38-32-26-20-14-8-2)88-80-79-81-83-85-86-84-82(80)90(96-88)74(66-58-52-46-40-34-28-22-16-10-4)76(68-60-54-48-42-36-30-24-18-12-6)92(84)98-94(86)78-70-62-61-69-77(78)93(85)97-91(83)75(67-59-53-47-41-35-29-23-17-11-5)73(89(81)95-87(71)79)65-57-51-45-39-33-27-21-15-9-3/h61-62,69-70H,7-60,63-68H2,1-6H3. The Labute approximate surface area is 597 Å². The van der Waals surface area contributed by atoms with Gasteiger partial charge in [-0.2, -0.15) is 0 Å². The van der Waals surface area contributed by atoms with E-state index in [1.165, 1.54) is 456 Å². The first-order chi connectivity index (χ1) is 48.6. The molecule has 0 aliphatic heterocycles. The summed E-state index contributed by atoms with van der Waals surface area (Å²) < 4.78 is 32.4. The summed E-state index contributed by atoms with van der Waals surface area (Å²) in [4.78, 5) is 0. The highest BCUT2D eigenvalue weighted by Gasteiger charge is 2.36. The number of hydrogen-bond donors (Lipinski definition) is 0. The minimum atomic E-state index is 1.02. The molecule has 4 nitrogen and oxygen atoms in total. The van der Waals surface area contributed by atoms with Crippen LogP contribution in [0.2, 0.25) is 0 Å². The van der Waals surface area contributed by atoms with E-state index in [2.05, 4.69) is 65.8 Å². The van der Waals surface area contributed by atoms with Crippen molar-refractivity contribution in [2.24, 2.45) is 0 Å². The van der Waals surface area contributed by atoms with Crippen molar-refractivity contribution in [3.63, 3.8) is 0 Å². The molecule has 0 aliphatic carbocycles. The zero-order chi connectivity index (χ0) is 67.9. The molecule has 0 saturated carbocycles. The highest BCUT2D eigenvalue weighted by molar-refractivity contribution is 6.47. The molecule has 10 rings (SSSR count). The first-order valence-corrected chi connectivity index (χ1v) is 43.6. The van der Waals surface area contributed by atoms with Gasteiger partial charge in [0.2, 0.25) is 0 Å². The first-order valence-electron chi connectivity index (χ1n) is 43.6. The number of benzene rings is 5. The third-order valence-corrected chi connectivity index (χ3v) is 24.0. The number of rotatable bonds is 60. The number of furan rings is 4. The van der Waals surface area contributed by atoms with Crippen molar-refractivity contribution in [3.05, 3.63) is 57.6 Å². The molecule has 0 radical (unpaired) electrons. The minimum Gasteiger partial charge on any atom is -0.455 e. The van der Waals surface area contributed by atoms with E-state index in [4.69, 9.17) is 17.7 Å². The maximum absolute atomic E-state index is 8.23. The number of unbranched alkanes of at least 4 members (excludes halogenated alkanes) is 48. The van der Waals surface area contributed by atoms with E-state index < -0.39 is 0 Å². The Balaban J connectivity index is 1.19.